The summed E-state index contributed by atoms with van der Waals surface area (Å²) in [5.74, 6) is -0.196. The van der Waals surface area contributed by atoms with Gasteiger partial charge in [-0.15, -0.1) is 0 Å². The third-order valence-electron chi connectivity index (χ3n) is 4.58. The minimum absolute atomic E-state index is 0.196. The molecule has 0 bridgehead atoms. The van der Waals surface area contributed by atoms with Crippen LogP contribution in [0.25, 0.3) is 0 Å². The zero-order valence-corrected chi connectivity index (χ0v) is 16.5. The fraction of sp³-hybridized carbons (Fsp3) is 1.00. The van der Waals surface area contributed by atoms with Crippen LogP contribution in [-0.2, 0) is 10.1 Å². The second kappa shape index (κ2) is 16.3. The molecule has 0 aromatic heterocycles. The molecule has 24 heavy (non-hydrogen) atoms. The van der Waals surface area contributed by atoms with Gasteiger partial charge in [0.05, 0.1) is 11.9 Å². The van der Waals surface area contributed by atoms with Crippen molar-refractivity contribution in [2.24, 2.45) is 0 Å². The number of hydrogen-bond acceptors (Lipinski definition) is 3. The summed E-state index contributed by atoms with van der Waals surface area (Å²) >= 11 is 0. The van der Waals surface area contributed by atoms with E-state index in [9.17, 15) is 13.5 Å². The second-order valence-corrected chi connectivity index (χ2v) is 8.69. The number of aliphatic hydroxyl groups is 1. The van der Waals surface area contributed by atoms with E-state index in [-0.39, 0.29) is 11.9 Å². The highest BCUT2D eigenvalue weighted by Crippen LogP contribution is 2.14. The van der Waals surface area contributed by atoms with Gasteiger partial charge in [-0.05, 0) is 25.7 Å². The van der Waals surface area contributed by atoms with Crippen LogP contribution in [0, 0.1) is 0 Å². The van der Waals surface area contributed by atoms with E-state index in [4.69, 9.17) is 4.55 Å². The molecule has 0 aliphatic rings. The van der Waals surface area contributed by atoms with Gasteiger partial charge in [0.2, 0.25) is 0 Å². The first-order chi connectivity index (χ1) is 11.5. The average molecular weight is 365 g/mol. The first-order valence-electron chi connectivity index (χ1n) is 10.1. The molecule has 0 aromatic rings. The van der Waals surface area contributed by atoms with Crippen LogP contribution in [-0.4, -0.2) is 29.9 Å². The average Bonchev–Trinajstić information content (AvgIpc) is 2.52. The van der Waals surface area contributed by atoms with Crippen molar-refractivity contribution >= 4 is 10.1 Å². The molecule has 0 saturated carbocycles. The summed E-state index contributed by atoms with van der Waals surface area (Å²) in [6.45, 7) is 2.25. The van der Waals surface area contributed by atoms with Crippen molar-refractivity contribution in [3.63, 3.8) is 0 Å². The van der Waals surface area contributed by atoms with E-state index in [0.29, 0.717) is 19.3 Å². The molecule has 2 N–H and O–H groups in total. The topological polar surface area (TPSA) is 74.6 Å². The Bertz CT molecular complexity index is 354. The van der Waals surface area contributed by atoms with Gasteiger partial charge < -0.3 is 5.11 Å². The van der Waals surface area contributed by atoms with Gasteiger partial charge in [0, 0.05) is 0 Å². The minimum Gasteiger partial charge on any atom is -0.393 e. The minimum atomic E-state index is -3.84. The van der Waals surface area contributed by atoms with Gasteiger partial charge in [0.15, 0.2) is 0 Å². The molecule has 1 atom stereocenters. The van der Waals surface area contributed by atoms with Crippen LogP contribution in [0.3, 0.4) is 0 Å². The Morgan fingerprint density at radius 1 is 0.667 bits per heavy atom. The Labute approximate surface area is 150 Å². The number of rotatable bonds is 18. The molecule has 4 nitrogen and oxygen atoms in total. The maximum Gasteiger partial charge on any atom is 0.264 e. The SMILES string of the molecule is CCCCCCCCCCCCCCC(O)CCCCS(=O)(=O)O. The largest absolute Gasteiger partial charge is 0.393 e. The Hall–Kier alpha value is -0.130. The van der Waals surface area contributed by atoms with Crippen LogP contribution in [0.5, 0.6) is 0 Å². The fourth-order valence-corrected chi connectivity index (χ4v) is 3.60. The molecule has 0 aromatic carbocycles. The third kappa shape index (κ3) is 19.9. The van der Waals surface area contributed by atoms with Crippen molar-refractivity contribution in [2.75, 3.05) is 5.75 Å². The standard InChI is InChI=1S/C19H40O4S/c1-2-3-4-5-6-7-8-9-10-11-12-13-16-19(20)17-14-15-18-24(21,22)23/h19-20H,2-18H2,1H3,(H,21,22,23). The van der Waals surface area contributed by atoms with Gasteiger partial charge in [0.1, 0.15) is 0 Å². The molecule has 5 heteroatoms. The lowest BCUT2D eigenvalue weighted by Crippen LogP contribution is -2.08. The molecule has 0 amide bonds. The molecule has 1 unspecified atom stereocenters. The van der Waals surface area contributed by atoms with Crippen molar-refractivity contribution in [1.29, 1.82) is 0 Å². The van der Waals surface area contributed by atoms with E-state index in [1.807, 2.05) is 0 Å². The third-order valence-corrected chi connectivity index (χ3v) is 5.39. The van der Waals surface area contributed by atoms with Crippen LogP contribution >= 0.6 is 0 Å². The number of aliphatic hydroxyl groups excluding tert-OH is 1. The van der Waals surface area contributed by atoms with E-state index in [1.165, 1.54) is 70.6 Å². The highest BCUT2D eigenvalue weighted by atomic mass is 32.2. The summed E-state index contributed by atoms with van der Waals surface area (Å²) < 4.78 is 29.8. The van der Waals surface area contributed by atoms with E-state index in [0.717, 1.165) is 12.8 Å². The van der Waals surface area contributed by atoms with Crippen LogP contribution in [0.2, 0.25) is 0 Å². The highest BCUT2D eigenvalue weighted by molar-refractivity contribution is 7.85. The molecular weight excluding hydrogens is 324 g/mol. The Morgan fingerprint density at radius 2 is 1.04 bits per heavy atom. The summed E-state index contributed by atoms with van der Waals surface area (Å²) in [6.07, 6.45) is 18.0. The lowest BCUT2D eigenvalue weighted by Gasteiger charge is -2.10. The van der Waals surface area contributed by atoms with E-state index in [1.54, 1.807) is 0 Å². The van der Waals surface area contributed by atoms with Crippen LogP contribution < -0.4 is 0 Å². The van der Waals surface area contributed by atoms with Crippen LogP contribution in [0.1, 0.15) is 110 Å². The molecule has 0 rings (SSSR count). The normalized spacial score (nSPS) is 13.3. The zero-order chi connectivity index (χ0) is 18.1. The highest BCUT2D eigenvalue weighted by Gasteiger charge is 2.07. The van der Waals surface area contributed by atoms with Crippen molar-refractivity contribution in [2.45, 2.75) is 116 Å². The molecule has 0 spiro atoms. The Balaban J connectivity index is 3.20. The van der Waals surface area contributed by atoms with Crippen molar-refractivity contribution in [3.05, 3.63) is 0 Å². The molecule has 146 valence electrons. The quantitative estimate of drug-likeness (QED) is 0.249. The van der Waals surface area contributed by atoms with E-state index < -0.39 is 10.1 Å². The van der Waals surface area contributed by atoms with Gasteiger partial charge in [-0.1, -0.05) is 84.0 Å². The van der Waals surface area contributed by atoms with Crippen LogP contribution in [0.4, 0.5) is 0 Å². The first kappa shape index (κ1) is 23.9. The summed E-state index contributed by atoms with van der Waals surface area (Å²) in [5, 5.41) is 9.83. The lowest BCUT2D eigenvalue weighted by molar-refractivity contribution is 0.148. The molecule has 0 aliphatic carbocycles. The molecular formula is C19H40O4S. The maximum absolute atomic E-state index is 10.6. The second-order valence-electron chi connectivity index (χ2n) is 7.11. The maximum atomic E-state index is 10.6. The van der Waals surface area contributed by atoms with Gasteiger partial charge in [0.25, 0.3) is 10.1 Å². The van der Waals surface area contributed by atoms with Crippen LogP contribution in [0.15, 0.2) is 0 Å². The molecule has 0 aliphatic heterocycles. The zero-order valence-electron chi connectivity index (χ0n) is 15.7. The molecule has 0 fully saturated rings. The van der Waals surface area contributed by atoms with E-state index >= 15 is 0 Å². The first-order valence-corrected chi connectivity index (χ1v) is 11.7. The molecule has 0 saturated heterocycles. The van der Waals surface area contributed by atoms with Gasteiger partial charge in [-0.25, -0.2) is 0 Å². The summed E-state index contributed by atoms with van der Waals surface area (Å²) in [6, 6.07) is 0. The predicted molar refractivity (Wildman–Crippen MR) is 102 cm³/mol. The Morgan fingerprint density at radius 3 is 1.46 bits per heavy atom. The monoisotopic (exact) mass is 364 g/mol. The van der Waals surface area contributed by atoms with Gasteiger partial charge in [-0.2, -0.15) is 8.42 Å². The summed E-state index contributed by atoms with van der Waals surface area (Å²) in [7, 11) is -3.84. The molecule has 0 heterocycles. The van der Waals surface area contributed by atoms with Gasteiger partial charge in [-0.3, -0.25) is 4.55 Å². The van der Waals surface area contributed by atoms with Crippen molar-refractivity contribution in [3.8, 4) is 0 Å². The predicted octanol–water partition coefficient (Wildman–Crippen LogP) is 5.50. The summed E-state index contributed by atoms with van der Waals surface area (Å²) in [5.41, 5.74) is 0. The van der Waals surface area contributed by atoms with Crippen molar-refractivity contribution < 1.29 is 18.1 Å². The lowest BCUT2D eigenvalue weighted by atomic mass is 10.0. The van der Waals surface area contributed by atoms with Gasteiger partial charge >= 0.3 is 0 Å². The number of hydrogen-bond donors (Lipinski definition) is 2. The fourth-order valence-electron chi connectivity index (χ4n) is 3.03. The van der Waals surface area contributed by atoms with Crippen molar-refractivity contribution in [1.82, 2.24) is 0 Å². The number of unbranched alkanes of at least 4 members (excludes halogenated alkanes) is 12. The van der Waals surface area contributed by atoms with E-state index in [2.05, 4.69) is 6.92 Å². The summed E-state index contributed by atoms with van der Waals surface area (Å²) in [4.78, 5) is 0. The Kier molecular flexibility index (Phi) is 16.3. The smallest absolute Gasteiger partial charge is 0.264 e. The molecule has 0 radical (unpaired) electrons.